The van der Waals surface area contributed by atoms with E-state index >= 15 is 0 Å². The number of carbonyl (C=O) groups is 1. The lowest BCUT2D eigenvalue weighted by molar-refractivity contribution is -0.137. The molecule has 0 aliphatic carbocycles. The first-order valence-electron chi connectivity index (χ1n) is 12.2. The summed E-state index contributed by atoms with van der Waals surface area (Å²) in [6.45, 7) is 7.18. The monoisotopic (exact) mass is 524 g/mol. The van der Waals surface area contributed by atoms with Crippen LogP contribution in [0.25, 0.3) is 0 Å². The number of hydrogen-bond donors (Lipinski definition) is 2. The van der Waals surface area contributed by atoms with Crippen molar-refractivity contribution in [2.24, 2.45) is 0 Å². The molecule has 2 aromatic rings. The summed E-state index contributed by atoms with van der Waals surface area (Å²) in [6, 6.07) is 10.3. The molecule has 0 radical (unpaired) electrons. The fourth-order valence-electron chi connectivity index (χ4n) is 5.05. The molecular weight excluding hydrogens is 493 g/mol. The Morgan fingerprint density at radius 3 is 2.53 bits per heavy atom. The minimum absolute atomic E-state index is 0.0577. The van der Waals surface area contributed by atoms with Crippen LogP contribution >= 0.6 is 11.6 Å². The predicted octanol–water partition coefficient (Wildman–Crippen LogP) is 4.35. The number of aromatic hydroxyl groups is 1. The zero-order chi connectivity index (χ0) is 26.0. The largest absolute Gasteiger partial charge is 0.508 e. The van der Waals surface area contributed by atoms with Crippen LogP contribution in [-0.2, 0) is 17.5 Å². The molecule has 1 amide bonds. The highest BCUT2D eigenvalue weighted by molar-refractivity contribution is 6.30. The topological polar surface area (TPSA) is 59.1 Å². The number of alkyl halides is 3. The molecule has 36 heavy (non-hydrogen) atoms. The first-order chi connectivity index (χ1) is 17.0. The van der Waals surface area contributed by atoms with Gasteiger partial charge in [0, 0.05) is 67.6 Å². The number of rotatable bonds is 6. The minimum atomic E-state index is -4.38. The summed E-state index contributed by atoms with van der Waals surface area (Å²) in [5.74, 6) is 0.235. The number of benzene rings is 2. The van der Waals surface area contributed by atoms with E-state index in [2.05, 4.69) is 24.1 Å². The number of phenolic OH excluding ortho intramolecular Hbond substituents is 1. The van der Waals surface area contributed by atoms with Crippen molar-refractivity contribution in [1.82, 2.24) is 15.1 Å². The van der Waals surface area contributed by atoms with Gasteiger partial charge in [0.2, 0.25) is 5.91 Å². The highest BCUT2D eigenvalue weighted by Gasteiger charge is 2.40. The van der Waals surface area contributed by atoms with Crippen LogP contribution in [0.4, 0.5) is 18.9 Å². The summed E-state index contributed by atoms with van der Waals surface area (Å²) in [6.07, 6.45) is -3.74. The van der Waals surface area contributed by atoms with Crippen molar-refractivity contribution in [2.75, 3.05) is 37.6 Å². The Kier molecular flexibility index (Phi) is 8.02. The minimum Gasteiger partial charge on any atom is -0.508 e. The van der Waals surface area contributed by atoms with Crippen molar-refractivity contribution in [3.8, 4) is 5.75 Å². The summed E-state index contributed by atoms with van der Waals surface area (Å²) in [7, 11) is 0. The Bertz CT molecular complexity index is 1070. The van der Waals surface area contributed by atoms with Gasteiger partial charge in [0.1, 0.15) is 5.75 Å². The standard InChI is InChI=1S/C26H32ClF3N4O2/c1-17(2)34-16-21(31-15-18-12-20(27)6-7-24(18)35)14-23(34)25(36)33-10-8-32(9-11-33)22-5-3-4-19(13-22)26(28,29)30/h3-7,12-13,17,21,23,31,35H,8-11,14-16H2,1-2H3/t21-,23+/m1/s1. The summed E-state index contributed by atoms with van der Waals surface area (Å²) in [5, 5.41) is 14.1. The summed E-state index contributed by atoms with van der Waals surface area (Å²) in [4.78, 5) is 19.4. The fourth-order valence-corrected chi connectivity index (χ4v) is 5.24. The summed E-state index contributed by atoms with van der Waals surface area (Å²) in [5.41, 5.74) is 0.566. The average Bonchev–Trinajstić information content (AvgIpc) is 3.28. The second-order valence-electron chi connectivity index (χ2n) is 9.75. The molecule has 0 aromatic heterocycles. The van der Waals surface area contributed by atoms with Crippen LogP contribution < -0.4 is 10.2 Å². The third-order valence-corrected chi connectivity index (χ3v) is 7.28. The van der Waals surface area contributed by atoms with Gasteiger partial charge in [-0.2, -0.15) is 13.2 Å². The van der Waals surface area contributed by atoms with E-state index in [1.807, 2.05) is 9.80 Å². The molecule has 2 aliphatic rings. The van der Waals surface area contributed by atoms with E-state index in [0.717, 1.165) is 6.07 Å². The van der Waals surface area contributed by atoms with Gasteiger partial charge in [-0.05, 0) is 56.7 Å². The Balaban J connectivity index is 1.36. The highest BCUT2D eigenvalue weighted by atomic mass is 35.5. The average molecular weight is 525 g/mol. The van der Waals surface area contributed by atoms with Gasteiger partial charge in [-0.25, -0.2) is 0 Å². The van der Waals surface area contributed by atoms with E-state index < -0.39 is 11.7 Å². The Labute approximate surface area is 214 Å². The van der Waals surface area contributed by atoms with Crippen LogP contribution in [0.5, 0.6) is 5.75 Å². The molecule has 2 fully saturated rings. The molecule has 4 rings (SSSR count). The van der Waals surface area contributed by atoms with Crippen molar-refractivity contribution >= 4 is 23.2 Å². The number of phenols is 1. The smallest absolute Gasteiger partial charge is 0.416 e. The van der Waals surface area contributed by atoms with Gasteiger partial charge in [-0.15, -0.1) is 0 Å². The van der Waals surface area contributed by atoms with Gasteiger partial charge < -0.3 is 20.2 Å². The van der Waals surface area contributed by atoms with Crippen LogP contribution in [0.3, 0.4) is 0 Å². The van der Waals surface area contributed by atoms with Crippen LogP contribution in [0, 0.1) is 0 Å². The van der Waals surface area contributed by atoms with Gasteiger partial charge >= 0.3 is 6.18 Å². The molecule has 2 saturated heterocycles. The third-order valence-electron chi connectivity index (χ3n) is 7.04. The van der Waals surface area contributed by atoms with E-state index in [1.54, 1.807) is 24.3 Å². The number of nitrogens with one attached hydrogen (secondary N) is 1. The zero-order valence-electron chi connectivity index (χ0n) is 20.4. The number of nitrogens with zero attached hydrogens (tertiary/aromatic N) is 3. The van der Waals surface area contributed by atoms with Crippen LogP contribution in [0.15, 0.2) is 42.5 Å². The summed E-state index contributed by atoms with van der Waals surface area (Å²) >= 11 is 6.05. The first-order valence-corrected chi connectivity index (χ1v) is 12.6. The van der Waals surface area contributed by atoms with Crippen LogP contribution in [-0.4, -0.2) is 71.7 Å². The molecular formula is C26H32ClF3N4O2. The zero-order valence-corrected chi connectivity index (χ0v) is 21.2. The lowest BCUT2D eigenvalue weighted by Crippen LogP contribution is -2.54. The molecule has 2 heterocycles. The number of halogens is 4. The van der Waals surface area contributed by atoms with Gasteiger partial charge in [0.25, 0.3) is 0 Å². The van der Waals surface area contributed by atoms with E-state index in [9.17, 15) is 23.1 Å². The second kappa shape index (κ2) is 10.9. The lowest BCUT2D eigenvalue weighted by Gasteiger charge is -2.39. The number of amides is 1. The van der Waals surface area contributed by atoms with Gasteiger partial charge in [-0.1, -0.05) is 17.7 Å². The molecule has 6 nitrogen and oxygen atoms in total. The van der Waals surface area contributed by atoms with Crippen molar-refractivity contribution in [1.29, 1.82) is 0 Å². The molecule has 196 valence electrons. The lowest BCUT2D eigenvalue weighted by atomic mass is 10.1. The molecule has 2 aliphatic heterocycles. The Morgan fingerprint density at radius 1 is 1.14 bits per heavy atom. The second-order valence-corrected chi connectivity index (χ2v) is 10.2. The molecule has 2 N–H and O–H groups in total. The van der Waals surface area contributed by atoms with E-state index in [-0.39, 0.29) is 29.8 Å². The fraction of sp³-hybridized carbons (Fsp3) is 0.500. The highest BCUT2D eigenvalue weighted by Crippen LogP contribution is 2.32. The number of carbonyl (C=O) groups excluding carboxylic acids is 1. The van der Waals surface area contributed by atoms with Gasteiger partial charge in [0.15, 0.2) is 0 Å². The van der Waals surface area contributed by atoms with Crippen molar-refractivity contribution in [3.05, 3.63) is 58.6 Å². The third kappa shape index (κ3) is 6.07. The summed E-state index contributed by atoms with van der Waals surface area (Å²) < 4.78 is 39.3. The van der Waals surface area contributed by atoms with Crippen molar-refractivity contribution in [2.45, 2.75) is 51.1 Å². The van der Waals surface area contributed by atoms with Crippen molar-refractivity contribution in [3.63, 3.8) is 0 Å². The molecule has 2 atom stereocenters. The maximum Gasteiger partial charge on any atom is 0.416 e. The van der Waals surface area contributed by atoms with E-state index in [1.165, 1.54) is 12.1 Å². The van der Waals surface area contributed by atoms with Crippen LogP contribution in [0.1, 0.15) is 31.4 Å². The maximum atomic E-state index is 13.5. The molecule has 0 unspecified atom stereocenters. The first kappa shape index (κ1) is 26.6. The van der Waals surface area contributed by atoms with Crippen LogP contribution in [0.2, 0.25) is 5.02 Å². The normalized spacial score (nSPS) is 21.4. The van der Waals surface area contributed by atoms with Gasteiger partial charge in [-0.3, -0.25) is 9.69 Å². The quantitative estimate of drug-likeness (QED) is 0.588. The van der Waals surface area contributed by atoms with E-state index in [0.29, 0.717) is 62.0 Å². The number of anilines is 1. The number of hydrogen-bond acceptors (Lipinski definition) is 5. The molecule has 2 aromatic carbocycles. The molecule has 10 heteroatoms. The molecule has 0 saturated carbocycles. The Hall–Kier alpha value is -2.49. The molecule has 0 bridgehead atoms. The maximum absolute atomic E-state index is 13.5. The Morgan fingerprint density at radius 2 is 1.86 bits per heavy atom. The number of likely N-dealkylation sites (tertiary alicyclic amines) is 1. The molecule has 0 spiro atoms. The van der Waals surface area contributed by atoms with E-state index in [4.69, 9.17) is 11.6 Å². The predicted molar refractivity (Wildman–Crippen MR) is 134 cm³/mol. The van der Waals surface area contributed by atoms with Gasteiger partial charge in [0.05, 0.1) is 11.6 Å². The SMILES string of the molecule is CC(C)N1C[C@H](NCc2cc(Cl)ccc2O)C[C@H]1C(=O)N1CCN(c2cccc(C(F)(F)F)c2)CC1. The van der Waals surface area contributed by atoms with Crippen molar-refractivity contribution < 1.29 is 23.1 Å². The number of piperazine rings is 1.